The predicted molar refractivity (Wildman–Crippen MR) is 76.5 cm³/mol. The average molecular weight is 288 g/mol. The fourth-order valence-corrected chi connectivity index (χ4v) is 1.78. The van der Waals surface area contributed by atoms with Gasteiger partial charge in [0, 0.05) is 25.3 Å². The standard InChI is InChI=1S/C14H22ClNO3/c1-18-8-4-7-16-9-13(17)11-19-10-12-5-2-3-6-14(12)15/h2-3,5-6,13,16-17H,4,7-11H2,1H3. The van der Waals surface area contributed by atoms with E-state index in [0.29, 0.717) is 24.8 Å². The summed E-state index contributed by atoms with van der Waals surface area (Å²) >= 11 is 6.00. The molecule has 0 radical (unpaired) electrons. The van der Waals surface area contributed by atoms with Crippen molar-refractivity contribution < 1.29 is 14.6 Å². The number of ether oxygens (including phenoxy) is 2. The van der Waals surface area contributed by atoms with Crippen molar-refractivity contribution in [2.75, 3.05) is 33.4 Å². The molecule has 1 aromatic carbocycles. The third-order valence-electron chi connectivity index (χ3n) is 2.61. The van der Waals surface area contributed by atoms with Gasteiger partial charge in [-0.3, -0.25) is 0 Å². The summed E-state index contributed by atoms with van der Waals surface area (Å²) in [6.07, 6.45) is 0.425. The lowest BCUT2D eigenvalue weighted by Gasteiger charge is -2.12. The van der Waals surface area contributed by atoms with Crippen LogP contribution in [0.15, 0.2) is 24.3 Å². The molecule has 0 aliphatic heterocycles. The summed E-state index contributed by atoms with van der Waals surface area (Å²) in [5.74, 6) is 0. The number of benzene rings is 1. The zero-order chi connectivity index (χ0) is 13.9. The molecule has 1 rings (SSSR count). The van der Waals surface area contributed by atoms with Crippen molar-refractivity contribution in [3.63, 3.8) is 0 Å². The normalized spacial score (nSPS) is 12.6. The highest BCUT2D eigenvalue weighted by Crippen LogP contribution is 2.15. The second kappa shape index (κ2) is 10.2. The van der Waals surface area contributed by atoms with Gasteiger partial charge in [-0.2, -0.15) is 0 Å². The molecular formula is C14H22ClNO3. The van der Waals surface area contributed by atoms with Crippen LogP contribution in [0.5, 0.6) is 0 Å². The van der Waals surface area contributed by atoms with Crippen molar-refractivity contribution in [3.05, 3.63) is 34.9 Å². The molecule has 0 aliphatic rings. The summed E-state index contributed by atoms with van der Waals surface area (Å²) < 4.78 is 10.4. The van der Waals surface area contributed by atoms with E-state index in [1.165, 1.54) is 0 Å². The van der Waals surface area contributed by atoms with Gasteiger partial charge in [-0.15, -0.1) is 0 Å². The Morgan fingerprint density at radius 1 is 1.37 bits per heavy atom. The summed E-state index contributed by atoms with van der Waals surface area (Å²) in [5, 5.41) is 13.5. The molecule has 0 spiro atoms. The Balaban J connectivity index is 2.07. The van der Waals surface area contributed by atoms with E-state index in [-0.39, 0.29) is 0 Å². The van der Waals surface area contributed by atoms with Crippen molar-refractivity contribution in [2.24, 2.45) is 0 Å². The molecule has 4 nitrogen and oxygen atoms in total. The van der Waals surface area contributed by atoms with Crippen LogP contribution in [0.1, 0.15) is 12.0 Å². The maximum atomic E-state index is 9.70. The lowest BCUT2D eigenvalue weighted by atomic mass is 10.2. The Morgan fingerprint density at radius 3 is 2.89 bits per heavy atom. The van der Waals surface area contributed by atoms with Crippen molar-refractivity contribution in [1.82, 2.24) is 5.32 Å². The SMILES string of the molecule is COCCCNCC(O)COCc1ccccc1Cl. The maximum absolute atomic E-state index is 9.70. The molecule has 19 heavy (non-hydrogen) atoms. The number of aliphatic hydroxyl groups excluding tert-OH is 1. The van der Waals surface area contributed by atoms with Crippen LogP contribution in [0.25, 0.3) is 0 Å². The van der Waals surface area contributed by atoms with Crippen LogP contribution in [0.3, 0.4) is 0 Å². The van der Waals surface area contributed by atoms with E-state index in [9.17, 15) is 5.11 Å². The first-order valence-corrected chi connectivity index (χ1v) is 6.80. The molecule has 0 amide bonds. The van der Waals surface area contributed by atoms with Crippen LogP contribution in [-0.4, -0.2) is 44.6 Å². The van der Waals surface area contributed by atoms with Crippen LogP contribution >= 0.6 is 11.6 Å². The van der Waals surface area contributed by atoms with Gasteiger partial charge in [-0.05, 0) is 24.6 Å². The van der Waals surface area contributed by atoms with E-state index < -0.39 is 6.10 Å². The molecule has 2 N–H and O–H groups in total. The highest BCUT2D eigenvalue weighted by atomic mass is 35.5. The minimum atomic E-state index is -0.509. The second-order valence-corrected chi connectivity index (χ2v) is 4.72. The van der Waals surface area contributed by atoms with Gasteiger partial charge in [0.1, 0.15) is 0 Å². The van der Waals surface area contributed by atoms with Gasteiger partial charge >= 0.3 is 0 Å². The van der Waals surface area contributed by atoms with Crippen LogP contribution in [0, 0.1) is 0 Å². The molecule has 0 saturated heterocycles. The van der Waals surface area contributed by atoms with E-state index >= 15 is 0 Å². The number of nitrogens with one attached hydrogen (secondary N) is 1. The monoisotopic (exact) mass is 287 g/mol. The molecule has 1 atom stereocenters. The summed E-state index contributed by atoms with van der Waals surface area (Å²) in [7, 11) is 1.68. The molecule has 5 heteroatoms. The minimum absolute atomic E-state index is 0.294. The van der Waals surface area contributed by atoms with Gasteiger partial charge in [0.15, 0.2) is 0 Å². The van der Waals surface area contributed by atoms with E-state index in [2.05, 4.69) is 5.32 Å². The number of hydrogen-bond donors (Lipinski definition) is 2. The van der Waals surface area contributed by atoms with E-state index in [1.807, 2.05) is 24.3 Å². The fraction of sp³-hybridized carbons (Fsp3) is 0.571. The summed E-state index contributed by atoms with van der Waals surface area (Å²) in [6.45, 7) is 2.79. The number of rotatable bonds is 10. The minimum Gasteiger partial charge on any atom is -0.389 e. The molecule has 0 fully saturated rings. The smallest absolute Gasteiger partial charge is 0.0897 e. The van der Waals surface area contributed by atoms with Gasteiger partial charge in [-0.1, -0.05) is 29.8 Å². The molecule has 0 saturated carbocycles. The number of halogens is 1. The van der Waals surface area contributed by atoms with Crippen molar-refractivity contribution in [2.45, 2.75) is 19.1 Å². The van der Waals surface area contributed by atoms with Crippen molar-refractivity contribution >= 4 is 11.6 Å². The lowest BCUT2D eigenvalue weighted by Crippen LogP contribution is -2.31. The topological polar surface area (TPSA) is 50.7 Å². The highest BCUT2D eigenvalue weighted by molar-refractivity contribution is 6.31. The molecular weight excluding hydrogens is 266 g/mol. The lowest BCUT2D eigenvalue weighted by molar-refractivity contribution is 0.0287. The molecule has 1 aromatic rings. The van der Waals surface area contributed by atoms with Crippen LogP contribution in [0.4, 0.5) is 0 Å². The maximum Gasteiger partial charge on any atom is 0.0897 e. The molecule has 0 aliphatic carbocycles. The van der Waals surface area contributed by atoms with Crippen LogP contribution < -0.4 is 5.32 Å². The van der Waals surface area contributed by atoms with E-state index in [4.69, 9.17) is 21.1 Å². The number of methoxy groups -OCH3 is 1. The zero-order valence-electron chi connectivity index (χ0n) is 11.3. The first-order valence-electron chi connectivity index (χ1n) is 6.43. The molecule has 0 aromatic heterocycles. The van der Waals surface area contributed by atoms with Gasteiger partial charge < -0.3 is 19.9 Å². The van der Waals surface area contributed by atoms with E-state index in [0.717, 1.165) is 25.1 Å². The van der Waals surface area contributed by atoms with Crippen molar-refractivity contribution in [1.29, 1.82) is 0 Å². The van der Waals surface area contributed by atoms with Gasteiger partial charge in [-0.25, -0.2) is 0 Å². The number of hydrogen-bond acceptors (Lipinski definition) is 4. The zero-order valence-corrected chi connectivity index (χ0v) is 12.0. The molecule has 108 valence electrons. The third kappa shape index (κ3) is 7.50. The molecule has 0 bridgehead atoms. The Kier molecular flexibility index (Phi) is 8.79. The first-order chi connectivity index (χ1) is 9.24. The van der Waals surface area contributed by atoms with Crippen LogP contribution in [-0.2, 0) is 16.1 Å². The molecule has 0 heterocycles. The highest BCUT2D eigenvalue weighted by Gasteiger charge is 2.05. The predicted octanol–water partition coefficient (Wildman–Crippen LogP) is 1.84. The summed E-state index contributed by atoms with van der Waals surface area (Å²) in [4.78, 5) is 0. The molecule has 1 unspecified atom stereocenters. The Labute approximate surface area is 119 Å². The van der Waals surface area contributed by atoms with Gasteiger partial charge in [0.25, 0.3) is 0 Å². The quantitative estimate of drug-likeness (QED) is 0.645. The Bertz CT molecular complexity index is 349. The second-order valence-electron chi connectivity index (χ2n) is 4.31. The first kappa shape index (κ1) is 16.4. The fourth-order valence-electron chi connectivity index (χ4n) is 1.59. The van der Waals surface area contributed by atoms with Crippen molar-refractivity contribution in [3.8, 4) is 0 Å². The Morgan fingerprint density at radius 2 is 2.16 bits per heavy atom. The van der Waals surface area contributed by atoms with E-state index in [1.54, 1.807) is 7.11 Å². The van der Waals surface area contributed by atoms with Crippen LogP contribution in [0.2, 0.25) is 5.02 Å². The Hall–Kier alpha value is -0.650. The summed E-state index contributed by atoms with van der Waals surface area (Å²) in [6, 6.07) is 7.54. The third-order valence-corrected chi connectivity index (χ3v) is 2.98. The summed E-state index contributed by atoms with van der Waals surface area (Å²) in [5.41, 5.74) is 0.935. The average Bonchev–Trinajstić information content (AvgIpc) is 2.41. The van der Waals surface area contributed by atoms with Gasteiger partial charge in [0.05, 0.1) is 19.3 Å². The number of aliphatic hydroxyl groups is 1. The van der Waals surface area contributed by atoms with Gasteiger partial charge in [0.2, 0.25) is 0 Å². The largest absolute Gasteiger partial charge is 0.389 e.